The summed E-state index contributed by atoms with van der Waals surface area (Å²) in [5.41, 5.74) is 4.04. The van der Waals surface area contributed by atoms with Crippen LogP contribution in [0.25, 0.3) is 11.0 Å². The Kier molecular flexibility index (Phi) is 3.77. The summed E-state index contributed by atoms with van der Waals surface area (Å²) in [6.07, 6.45) is 6.03. The number of aryl methyl sites for hydroxylation is 1. The first-order valence-electron chi connectivity index (χ1n) is 8.43. The number of para-hydroxylation sites is 3. The highest BCUT2D eigenvalue weighted by atomic mass is 16.2. The van der Waals surface area contributed by atoms with Gasteiger partial charge in [0.15, 0.2) is 0 Å². The highest BCUT2D eigenvalue weighted by Gasteiger charge is 2.35. The van der Waals surface area contributed by atoms with Crippen LogP contribution in [0.1, 0.15) is 23.7 Å². The Hall–Kier alpha value is -3.06. The number of aromatic nitrogens is 2. The van der Waals surface area contributed by atoms with E-state index in [2.05, 4.69) is 10.5 Å². The van der Waals surface area contributed by atoms with Crippen LogP contribution in [0.5, 0.6) is 0 Å². The highest BCUT2D eigenvalue weighted by molar-refractivity contribution is 5.97. The van der Waals surface area contributed by atoms with Gasteiger partial charge in [-0.15, -0.1) is 6.42 Å². The van der Waals surface area contributed by atoms with Crippen molar-refractivity contribution in [2.75, 3.05) is 11.4 Å². The molecule has 1 aliphatic rings. The van der Waals surface area contributed by atoms with Crippen LogP contribution in [-0.2, 0) is 11.3 Å². The molecule has 2 aromatic carbocycles. The van der Waals surface area contributed by atoms with Crippen molar-refractivity contribution in [3.05, 3.63) is 59.9 Å². The number of carbonyl (C=O) groups is 1. The van der Waals surface area contributed by atoms with Gasteiger partial charge in [0.05, 0.1) is 17.6 Å². The number of nitrogens with zero attached hydrogens (tertiary/aromatic N) is 3. The summed E-state index contributed by atoms with van der Waals surface area (Å²) in [6.45, 7) is 3.13. The van der Waals surface area contributed by atoms with Gasteiger partial charge < -0.3 is 9.47 Å². The number of hydrogen-bond acceptors (Lipinski definition) is 2. The van der Waals surface area contributed by atoms with Gasteiger partial charge in [0.2, 0.25) is 5.91 Å². The van der Waals surface area contributed by atoms with Crippen LogP contribution in [0.4, 0.5) is 5.69 Å². The largest absolute Gasteiger partial charge is 0.316 e. The van der Waals surface area contributed by atoms with Crippen molar-refractivity contribution < 1.29 is 4.79 Å². The molecule has 0 aliphatic carbocycles. The Morgan fingerprint density at radius 3 is 2.76 bits per heavy atom. The van der Waals surface area contributed by atoms with Gasteiger partial charge in [-0.1, -0.05) is 36.3 Å². The van der Waals surface area contributed by atoms with Crippen molar-refractivity contribution >= 4 is 22.6 Å². The van der Waals surface area contributed by atoms with Crippen LogP contribution < -0.4 is 4.90 Å². The predicted octanol–water partition coefficient (Wildman–Crippen LogP) is 3.50. The van der Waals surface area contributed by atoms with Gasteiger partial charge in [0.25, 0.3) is 0 Å². The molecule has 1 saturated heterocycles. The molecular weight excluding hydrogens is 310 g/mol. The molecule has 4 heteroatoms. The quantitative estimate of drug-likeness (QED) is 0.690. The molecule has 0 spiro atoms. The number of rotatable bonds is 3. The number of terminal acetylenes is 1. The van der Waals surface area contributed by atoms with Gasteiger partial charge in [-0.3, -0.25) is 4.79 Å². The number of hydrogen-bond donors (Lipinski definition) is 0. The molecule has 3 aromatic rings. The summed E-state index contributed by atoms with van der Waals surface area (Å²) in [6, 6.07) is 16.0. The Morgan fingerprint density at radius 2 is 1.96 bits per heavy atom. The van der Waals surface area contributed by atoms with Gasteiger partial charge in [-0.2, -0.15) is 0 Å². The Morgan fingerprint density at radius 1 is 1.20 bits per heavy atom. The average molecular weight is 329 g/mol. The third-order valence-corrected chi connectivity index (χ3v) is 4.83. The maximum absolute atomic E-state index is 12.6. The normalized spacial score (nSPS) is 17.2. The van der Waals surface area contributed by atoms with Gasteiger partial charge in [-0.05, 0) is 30.7 Å². The lowest BCUT2D eigenvalue weighted by atomic mass is 10.1. The fraction of sp³-hybridized carbons (Fsp3) is 0.238. The minimum Gasteiger partial charge on any atom is -0.316 e. The molecule has 1 unspecified atom stereocenters. The lowest BCUT2D eigenvalue weighted by Gasteiger charge is -2.19. The van der Waals surface area contributed by atoms with E-state index in [4.69, 9.17) is 11.4 Å². The molecule has 25 heavy (non-hydrogen) atoms. The molecule has 0 radical (unpaired) electrons. The average Bonchev–Trinajstić information content (AvgIpc) is 3.17. The lowest BCUT2D eigenvalue weighted by Crippen LogP contribution is -2.25. The first-order valence-corrected chi connectivity index (χ1v) is 8.43. The van der Waals surface area contributed by atoms with Gasteiger partial charge in [0, 0.05) is 24.6 Å². The molecule has 1 atom stereocenters. The standard InChI is InChI=1S/C21H19N3O/c1-3-12-23-19-11-7-5-9-17(19)22-21(23)16-13-20(25)24(14-16)18-10-6-4-8-15(18)2/h1,4-11,16H,12-14H2,2H3. The number of imidazole rings is 1. The Balaban J connectivity index is 1.73. The minimum atomic E-state index is 0.0489. The van der Waals surface area contributed by atoms with Crippen molar-refractivity contribution in [2.45, 2.75) is 25.8 Å². The summed E-state index contributed by atoms with van der Waals surface area (Å²) in [5, 5.41) is 0. The fourth-order valence-corrected chi connectivity index (χ4v) is 3.64. The van der Waals surface area contributed by atoms with E-state index in [-0.39, 0.29) is 11.8 Å². The molecule has 2 heterocycles. The number of benzene rings is 2. The van der Waals surface area contributed by atoms with Gasteiger partial charge in [0.1, 0.15) is 5.82 Å². The molecule has 4 nitrogen and oxygen atoms in total. The molecule has 1 fully saturated rings. The lowest BCUT2D eigenvalue weighted by molar-refractivity contribution is -0.117. The van der Waals surface area contributed by atoms with Gasteiger partial charge in [-0.25, -0.2) is 4.98 Å². The second-order valence-electron chi connectivity index (χ2n) is 6.44. The van der Waals surface area contributed by atoms with Crippen molar-refractivity contribution in [1.82, 2.24) is 9.55 Å². The minimum absolute atomic E-state index is 0.0489. The summed E-state index contributed by atoms with van der Waals surface area (Å²) < 4.78 is 2.06. The summed E-state index contributed by atoms with van der Waals surface area (Å²) in [7, 11) is 0. The number of carbonyl (C=O) groups excluding carboxylic acids is 1. The van der Waals surface area contributed by atoms with Gasteiger partial charge >= 0.3 is 0 Å². The maximum Gasteiger partial charge on any atom is 0.227 e. The molecule has 124 valence electrons. The SMILES string of the molecule is C#CCn1c(C2CC(=O)N(c3ccccc3C)C2)nc2ccccc21. The van der Waals surface area contributed by atoms with Crippen molar-refractivity contribution in [2.24, 2.45) is 0 Å². The van der Waals surface area contributed by atoms with Crippen molar-refractivity contribution in [1.29, 1.82) is 0 Å². The van der Waals surface area contributed by atoms with Crippen molar-refractivity contribution in [3.8, 4) is 12.3 Å². The summed E-state index contributed by atoms with van der Waals surface area (Å²) >= 11 is 0. The third-order valence-electron chi connectivity index (χ3n) is 4.83. The van der Waals surface area contributed by atoms with E-state index in [9.17, 15) is 4.79 Å². The third kappa shape index (κ3) is 2.58. The molecule has 1 aromatic heterocycles. The molecule has 0 bridgehead atoms. The maximum atomic E-state index is 12.6. The van der Waals surface area contributed by atoms with E-state index in [1.165, 1.54) is 0 Å². The fourth-order valence-electron chi connectivity index (χ4n) is 3.64. The Bertz CT molecular complexity index is 996. The van der Waals surface area contributed by atoms with Crippen LogP contribution >= 0.6 is 0 Å². The zero-order chi connectivity index (χ0) is 17.4. The number of amides is 1. The molecular formula is C21H19N3O. The van der Waals surface area contributed by atoms with Crippen LogP contribution in [0.3, 0.4) is 0 Å². The first-order chi connectivity index (χ1) is 12.2. The van der Waals surface area contributed by atoms with E-state index in [0.29, 0.717) is 19.5 Å². The topological polar surface area (TPSA) is 38.1 Å². The summed E-state index contributed by atoms with van der Waals surface area (Å²) in [4.78, 5) is 19.3. The van der Waals surface area contributed by atoms with Crippen LogP contribution in [-0.4, -0.2) is 22.0 Å². The zero-order valence-corrected chi connectivity index (χ0v) is 14.1. The smallest absolute Gasteiger partial charge is 0.227 e. The van der Waals surface area contributed by atoms with Crippen LogP contribution in [0, 0.1) is 19.3 Å². The molecule has 4 rings (SSSR count). The summed E-state index contributed by atoms with van der Waals surface area (Å²) in [5.74, 6) is 3.81. The van der Waals surface area contributed by atoms with Crippen molar-refractivity contribution in [3.63, 3.8) is 0 Å². The second-order valence-corrected chi connectivity index (χ2v) is 6.44. The molecule has 1 aliphatic heterocycles. The van der Waals surface area contributed by atoms with E-state index in [1.54, 1.807) is 0 Å². The van der Waals surface area contributed by atoms with E-state index >= 15 is 0 Å². The van der Waals surface area contributed by atoms with E-state index in [1.807, 2.05) is 60.4 Å². The van der Waals surface area contributed by atoms with Crippen LogP contribution in [0.15, 0.2) is 48.5 Å². The first kappa shape index (κ1) is 15.5. The predicted molar refractivity (Wildman–Crippen MR) is 99.5 cm³/mol. The Labute approximate surface area is 147 Å². The zero-order valence-electron chi connectivity index (χ0n) is 14.1. The number of fused-ring (bicyclic) bond motifs is 1. The molecule has 0 N–H and O–H groups in total. The monoisotopic (exact) mass is 329 g/mol. The molecule has 0 saturated carbocycles. The molecule has 1 amide bonds. The van der Waals surface area contributed by atoms with E-state index < -0.39 is 0 Å². The second kappa shape index (κ2) is 6.10. The van der Waals surface area contributed by atoms with Crippen LogP contribution in [0.2, 0.25) is 0 Å². The van der Waals surface area contributed by atoms with E-state index in [0.717, 1.165) is 28.1 Å². The highest BCUT2D eigenvalue weighted by Crippen LogP contribution is 2.34. The number of anilines is 1.